The number of carbonyl (C=O) groups is 1. The van der Waals surface area contributed by atoms with Gasteiger partial charge in [-0.15, -0.1) is 11.3 Å². The van der Waals surface area contributed by atoms with Crippen molar-refractivity contribution in [3.63, 3.8) is 0 Å². The molecule has 0 saturated carbocycles. The number of benzene rings is 2. The number of pyridine rings is 1. The van der Waals surface area contributed by atoms with Gasteiger partial charge >= 0.3 is 0 Å². The summed E-state index contributed by atoms with van der Waals surface area (Å²) in [6, 6.07) is 17.2. The van der Waals surface area contributed by atoms with Crippen LogP contribution in [0.15, 0.2) is 73.1 Å². The number of imidazole rings is 1. The number of aromatic nitrogens is 3. The molecule has 0 aliphatic heterocycles. The highest BCUT2D eigenvalue weighted by Gasteiger charge is 2.16. The van der Waals surface area contributed by atoms with Crippen molar-refractivity contribution in [2.45, 2.75) is 13.0 Å². The molecule has 3 aromatic heterocycles. The molecule has 2 aromatic carbocycles. The maximum atomic E-state index is 15.0. The van der Waals surface area contributed by atoms with Crippen molar-refractivity contribution in [3.8, 4) is 22.2 Å². The van der Waals surface area contributed by atoms with Crippen LogP contribution in [-0.4, -0.2) is 30.7 Å². The first-order valence-electron chi connectivity index (χ1n) is 11.5. The summed E-state index contributed by atoms with van der Waals surface area (Å²) in [7, 11) is 1.83. The van der Waals surface area contributed by atoms with Crippen molar-refractivity contribution in [1.82, 2.24) is 19.9 Å². The molecule has 0 saturated heterocycles. The molecule has 3 heterocycles. The molecule has 38 heavy (non-hydrogen) atoms. The van der Waals surface area contributed by atoms with Crippen molar-refractivity contribution >= 4 is 50.5 Å². The molecule has 0 fully saturated rings. The lowest BCUT2D eigenvalue weighted by molar-refractivity contribution is -0.119. The number of hydrogen-bond acceptors (Lipinski definition) is 7. The SMILES string of the molecule is Cn1c(CO)cnc1-c1cc2nccc(Oc3ccc(NC(=S)NC(=O)Cc4ccccc4)cc3F)c2s1. The van der Waals surface area contributed by atoms with Gasteiger partial charge < -0.3 is 25.0 Å². The van der Waals surface area contributed by atoms with E-state index in [9.17, 15) is 14.3 Å². The summed E-state index contributed by atoms with van der Waals surface area (Å²) >= 11 is 6.61. The zero-order chi connectivity index (χ0) is 26.6. The molecule has 3 N–H and O–H groups in total. The standard InChI is InChI=1S/C27H22FN5O3S2/c1-33-18(15-34)14-30-26(33)23-13-20-25(38-23)22(9-10-29-20)36-21-8-7-17(12-19(21)28)31-27(37)32-24(35)11-16-5-3-2-4-6-16/h2-10,12-14,34H,11,15H2,1H3,(H2,31,32,35,37). The topological polar surface area (TPSA) is 101 Å². The van der Waals surface area contributed by atoms with Crippen LogP contribution in [0.4, 0.5) is 10.1 Å². The third-order valence-electron chi connectivity index (χ3n) is 5.71. The maximum absolute atomic E-state index is 15.0. The van der Waals surface area contributed by atoms with Crippen molar-refractivity contribution in [2.75, 3.05) is 5.32 Å². The number of rotatable bonds is 7. The zero-order valence-corrected chi connectivity index (χ0v) is 21.8. The summed E-state index contributed by atoms with van der Waals surface area (Å²) < 4.78 is 23.4. The molecule has 0 unspecified atom stereocenters. The minimum atomic E-state index is -0.605. The molecular weight excluding hydrogens is 525 g/mol. The lowest BCUT2D eigenvalue weighted by Gasteiger charge is -2.12. The molecule has 0 aliphatic rings. The minimum Gasteiger partial charge on any atom is -0.453 e. The van der Waals surface area contributed by atoms with Crippen LogP contribution in [0.1, 0.15) is 11.3 Å². The summed E-state index contributed by atoms with van der Waals surface area (Å²) in [4.78, 5) is 21.8. The van der Waals surface area contributed by atoms with Crippen LogP contribution in [0, 0.1) is 5.82 Å². The van der Waals surface area contributed by atoms with Gasteiger partial charge in [-0.25, -0.2) is 9.37 Å². The van der Waals surface area contributed by atoms with Crippen LogP contribution in [0.2, 0.25) is 0 Å². The van der Waals surface area contributed by atoms with Crippen molar-refractivity contribution in [3.05, 3.63) is 90.1 Å². The average molecular weight is 548 g/mol. The normalized spacial score (nSPS) is 10.9. The molecule has 0 spiro atoms. The number of nitrogens with one attached hydrogen (secondary N) is 2. The maximum Gasteiger partial charge on any atom is 0.230 e. The summed E-state index contributed by atoms with van der Waals surface area (Å²) in [5, 5.41) is 14.9. The highest BCUT2D eigenvalue weighted by molar-refractivity contribution is 7.80. The minimum absolute atomic E-state index is 0.0246. The van der Waals surface area contributed by atoms with Gasteiger partial charge in [0.05, 0.1) is 40.0 Å². The number of halogens is 1. The van der Waals surface area contributed by atoms with Crippen molar-refractivity contribution in [1.29, 1.82) is 0 Å². The second-order valence-electron chi connectivity index (χ2n) is 8.34. The predicted octanol–water partition coefficient (Wildman–Crippen LogP) is 5.18. The van der Waals surface area contributed by atoms with E-state index >= 15 is 0 Å². The number of hydrogen-bond donors (Lipinski definition) is 3. The highest BCUT2D eigenvalue weighted by atomic mass is 32.1. The first-order chi connectivity index (χ1) is 18.4. The molecular formula is C27H22FN5O3S2. The quantitative estimate of drug-likeness (QED) is 0.242. The van der Waals surface area contributed by atoms with Crippen molar-refractivity contribution in [2.24, 2.45) is 7.05 Å². The van der Waals surface area contributed by atoms with Crippen LogP contribution in [-0.2, 0) is 24.9 Å². The van der Waals surface area contributed by atoms with Crippen LogP contribution in [0.5, 0.6) is 11.5 Å². The van der Waals surface area contributed by atoms with E-state index in [0.717, 1.165) is 15.1 Å². The Hall–Kier alpha value is -4.19. The molecule has 0 aliphatic carbocycles. The Kier molecular flexibility index (Phi) is 7.40. The fourth-order valence-corrected chi connectivity index (χ4v) is 5.15. The fraction of sp³-hybridized carbons (Fsp3) is 0.111. The number of thiophene rings is 1. The molecule has 192 valence electrons. The number of ether oxygens (including phenoxy) is 1. The fourth-order valence-electron chi connectivity index (χ4n) is 3.82. The van der Waals surface area contributed by atoms with E-state index < -0.39 is 5.82 Å². The van der Waals surface area contributed by atoms with Gasteiger partial charge in [-0.3, -0.25) is 9.78 Å². The van der Waals surface area contributed by atoms with Gasteiger partial charge in [0.1, 0.15) is 11.6 Å². The Morgan fingerprint density at radius 2 is 1.95 bits per heavy atom. The highest BCUT2D eigenvalue weighted by Crippen LogP contribution is 2.39. The molecule has 0 radical (unpaired) electrons. The smallest absolute Gasteiger partial charge is 0.230 e. The summed E-state index contributed by atoms with van der Waals surface area (Å²) in [5.41, 5.74) is 2.60. The number of nitrogens with zero attached hydrogens (tertiary/aromatic N) is 3. The zero-order valence-electron chi connectivity index (χ0n) is 20.1. The van der Waals surface area contributed by atoms with E-state index in [2.05, 4.69) is 20.6 Å². The summed E-state index contributed by atoms with van der Waals surface area (Å²) in [6.45, 7) is -0.115. The number of thiocarbonyl (C=S) groups is 1. The average Bonchev–Trinajstić information content (AvgIpc) is 3.49. The third kappa shape index (κ3) is 5.54. The van der Waals surface area contributed by atoms with Crippen LogP contribution < -0.4 is 15.4 Å². The molecule has 1 amide bonds. The van der Waals surface area contributed by atoms with Crippen LogP contribution in [0.25, 0.3) is 20.9 Å². The molecule has 8 nitrogen and oxygen atoms in total. The molecule has 0 atom stereocenters. The Morgan fingerprint density at radius 3 is 2.68 bits per heavy atom. The monoisotopic (exact) mass is 547 g/mol. The van der Waals surface area contributed by atoms with Gasteiger partial charge in [0.2, 0.25) is 5.91 Å². The number of carbonyl (C=O) groups excluding carboxylic acids is 1. The van der Waals surface area contributed by atoms with E-state index in [-0.39, 0.29) is 29.8 Å². The second kappa shape index (κ2) is 11.1. The van der Waals surface area contributed by atoms with Gasteiger partial charge in [0.15, 0.2) is 16.7 Å². The largest absolute Gasteiger partial charge is 0.453 e. The lowest BCUT2D eigenvalue weighted by Crippen LogP contribution is -2.35. The van der Waals surface area contributed by atoms with Crippen molar-refractivity contribution < 1.29 is 19.0 Å². The number of amides is 1. The van der Waals surface area contributed by atoms with E-state index in [0.29, 0.717) is 28.5 Å². The molecule has 11 heteroatoms. The van der Waals surface area contributed by atoms with E-state index in [4.69, 9.17) is 17.0 Å². The molecule has 0 bridgehead atoms. The number of aliphatic hydroxyl groups excluding tert-OH is 1. The van der Waals surface area contributed by atoms with Gasteiger partial charge in [-0.1, -0.05) is 30.3 Å². The molecule has 5 rings (SSSR count). The van der Waals surface area contributed by atoms with Gasteiger partial charge in [-0.2, -0.15) is 0 Å². The second-order valence-corrected chi connectivity index (χ2v) is 9.80. The third-order valence-corrected chi connectivity index (χ3v) is 7.05. The summed E-state index contributed by atoms with van der Waals surface area (Å²) in [6.07, 6.45) is 3.39. The summed E-state index contributed by atoms with van der Waals surface area (Å²) in [5.74, 6) is 0.287. The van der Waals surface area contributed by atoms with E-state index in [1.807, 2.05) is 48.0 Å². The first kappa shape index (κ1) is 25.5. The number of anilines is 1. The Labute approximate surface area is 226 Å². The van der Waals surface area contributed by atoms with Crippen LogP contribution >= 0.6 is 23.6 Å². The predicted molar refractivity (Wildman–Crippen MR) is 149 cm³/mol. The first-order valence-corrected chi connectivity index (χ1v) is 12.8. The molecule has 5 aromatic rings. The number of fused-ring (bicyclic) bond motifs is 1. The van der Waals surface area contributed by atoms with Gasteiger partial charge in [0.25, 0.3) is 0 Å². The Bertz CT molecular complexity index is 1630. The number of aliphatic hydroxyl groups is 1. The van der Waals surface area contributed by atoms with E-state index in [1.165, 1.54) is 23.5 Å². The van der Waals surface area contributed by atoms with Crippen LogP contribution in [0.3, 0.4) is 0 Å². The Balaban J connectivity index is 1.28. The van der Waals surface area contributed by atoms with Gasteiger partial charge in [0, 0.05) is 31.1 Å². The Morgan fingerprint density at radius 1 is 1.13 bits per heavy atom. The van der Waals surface area contributed by atoms with Gasteiger partial charge in [-0.05, 0) is 36.0 Å². The van der Waals surface area contributed by atoms with E-state index in [1.54, 1.807) is 24.5 Å². The lowest BCUT2D eigenvalue weighted by atomic mass is 10.1.